The van der Waals surface area contributed by atoms with Crippen molar-refractivity contribution >= 4 is 27.1 Å². The van der Waals surface area contributed by atoms with Crippen molar-refractivity contribution < 1.29 is 21.6 Å². The Kier molecular flexibility index (Phi) is 5.65. The van der Waals surface area contributed by atoms with Crippen LogP contribution in [0.2, 0.25) is 5.02 Å². The van der Waals surface area contributed by atoms with Gasteiger partial charge in [-0.05, 0) is 29.4 Å². The molecule has 0 aliphatic carbocycles. The number of benzene rings is 1. The summed E-state index contributed by atoms with van der Waals surface area (Å²) in [5.74, 6) is -0.292. The minimum Gasteiger partial charge on any atom is -0.309 e. The fourth-order valence-corrected chi connectivity index (χ4v) is 4.00. The lowest BCUT2D eigenvalue weighted by molar-refractivity contribution is -0.137. The minimum atomic E-state index is -4.58. The number of sulfone groups is 1. The molecule has 158 valence electrons. The Morgan fingerprint density at radius 1 is 1.17 bits per heavy atom. The van der Waals surface area contributed by atoms with Gasteiger partial charge in [0, 0.05) is 18.8 Å². The van der Waals surface area contributed by atoms with Crippen molar-refractivity contribution in [1.29, 1.82) is 0 Å². The van der Waals surface area contributed by atoms with Crippen LogP contribution in [0.5, 0.6) is 0 Å². The van der Waals surface area contributed by atoms with Crippen LogP contribution in [-0.2, 0) is 23.1 Å². The zero-order valence-electron chi connectivity index (χ0n) is 15.5. The highest BCUT2D eigenvalue weighted by molar-refractivity contribution is 7.91. The minimum absolute atomic E-state index is 0.00980. The van der Waals surface area contributed by atoms with Gasteiger partial charge >= 0.3 is 6.18 Å². The van der Waals surface area contributed by atoms with Gasteiger partial charge in [-0.2, -0.15) is 13.2 Å². The van der Waals surface area contributed by atoms with Crippen LogP contribution in [0.3, 0.4) is 0 Å². The van der Waals surface area contributed by atoms with E-state index in [1.165, 1.54) is 24.6 Å². The summed E-state index contributed by atoms with van der Waals surface area (Å²) >= 11 is 6.01. The second-order valence-corrected chi connectivity index (χ2v) is 8.78. The van der Waals surface area contributed by atoms with Gasteiger partial charge in [-0.1, -0.05) is 18.5 Å². The molecule has 0 bridgehead atoms. The molecule has 0 amide bonds. The lowest BCUT2D eigenvalue weighted by atomic mass is 10.2. The second-order valence-electron chi connectivity index (χ2n) is 6.13. The van der Waals surface area contributed by atoms with Gasteiger partial charge in [0.05, 0.1) is 21.2 Å². The van der Waals surface area contributed by atoms with Crippen molar-refractivity contribution in [3.63, 3.8) is 0 Å². The van der Waals surface area contributed by atoms with E-state index in [2.05, 4.69) is 20.4 Å². The van der Waals surface area contributed by atoms with Crippen LogP contribution in [-0.4, -0.2) is 33.9 Å². The maximum atomic E-state index is 13.0. The molecule has 0 aliphatic heterocycles. The molecule has 0 atom stereocenters. The molecule has 0 fully saturated rings. The van der Waals surface area contributed by atoms with Crippen molar-refractivity contribution in [2.45, 2.75) is 18.0 Å². The molecule has 0 saturated heterocycles. The number of nitrogens with zero attached hydrogens (tertiary/aromatic N) is 5. The number of rotatable bonds is 5. The number of aromatic nitrogens is 4. The quantitative estimate of drug-likeness (QED) is 0.523. The van der Waals surface area contributed by atoms with E-state index < -0.39 is 21.6 Å². The number of nitroso groups, excluding NO2 is 1. The van der Waals surface area contributed by atoms with Crippen LogP contribution < -0.4 is 0 Å². The Morgan fingerprint density at radius 2 is 1.83 bits per heavy atom. The van der Waals surface area contributed by atoms with Gasteiger partial charge < -0.3 is 4.57 Å². The first-order valence-corrected chi connectivity index (χ1v) is 10.4. The van der Waals surface area contributed by atoms with Crippen LogP contribution in [0.1, 0.15) is 12.5 Å². The standard InChI is InChI=1S/C17H13ClF3N5O3S/c1-3-30(28,29)14-8-12(25-27)11(18)7-10(14)15-23-24-16(26(15)2)13-6-9(4-5-22-13)17(19,20)21/h4-8H,3H2,1-2H3. The Morgan fingerprint density at radius 3 is 2.43 bits per heavy atom. The lowest BCUT2D eigenvalue weighted by Gasteiger charge is -2.11. The predicted molar refractivity (Wildman–Crippen MR) is 103 cm³/mol. The Bertz CT molecular complexity index is 1240. The number of alkyl halides is 3. The van der Waals surface area contributed by atoms with E-state index in [1.807, 2.05) is 0 Å². The second kappa shape index (κ2) is 7.76. The number of hydrogen-bond donors (Lipinski definition) is 0. The van der Waals surface area contributed by atoms with Gasteiger partial charge in [-0.25, -0.2) is 8.42 Å². The van der Waals surface area contributed by atoms with Crippen LogP contribution >= 0.6 is 11.6 Å². The van der Waals surface area contributed by atoms with Gasteiger partial charge in [0.15, 0.2) is 21.5 Å². The normalized spacial score (nSPS) is 12.2. The van der Waals surface area contributed by atoms with Crippen molar-refractivity contribution in [1.82, 2.24) is 19.7 Å². The zero-order chi connectivity index (χ0) is 22.3. The van der Waals surface area contributed by atoms with E-state index in [1.54, 1.807) is 0 Å². The zero-order valence-corrected chi connectivity index (χ0v) is 17.0. The van der Waals surface area contributed by atoms with Gasteiger partial charge in [0.1, 0.15) is 11.4 Å². The highest BCUT2D eigenvalue weighted by Crippen LogP contribution is 2.37. The molecule has 30 heavy (non-hydrogen) atoms. The number of hydrogen-bond acceptors (Lipinski definition) is 7. The average Bonchev–Trinajstić information content (AvgIpc) is 3.08. The van der Waals surface area contributed by atoms with Crippen molar-refractivity contribution in [3.05, 3.63) is 46.0 Å². The third kappa shape index (κ3) is 3.92. The predicted octanol–water partition coefficient (Wildman–Crippen LogP) is 4.41. The molecule has 0 N–H and O–H groups in total. The van der Waals surface area contributed by atoms with Crippen LogP contribution in [0, 0.1) is 4.91 Å². The summed E-state index contributed by atoms with van der Waals surface area (Å²) in [7, 11) is -2.39. The SMILES string of the molecule is CCS(=O)(=O)c1cc(N=O)c(Cl)cc1-c1nnc(-c2cc(C(F)(F)F)ccn2)n1C. The average molecular weight is 460 g/mol. The lowest BCUT2D eigenvalue weighted by Crippen LogP contribution is -2.08. The van der Waals surface area contributed by atoms with E-state index in [4.69, 9.17) is 11.6 Å². The molecule has 13 heteroatoms. The van der Waals surface area contributed by atoms with Crippen molar-refractivity contribution in [3.8, 4) is 22.9 Å². The van der Waals surface area contributed by atoms with E-state index in [-0.39, 0.29) is 44.3 Å². The van der Waals surface area contributed by atoms with Gasteiger partial charge in [0.25, 0.3) is 0 Å². The molecule has 0 radical (unpaired) electrons. The number of pyridine rings is 1. The maximum Gasteiger partial charge on any atom is 0.416 e. The van der Waals surface area contributed by atoms with Crippen molar-refractivity contribution in [2.24, 2.45) is 12.2 Å². The summed E-state index contributed by atoms with van der Waals surface area (Å²) in [4.78, 5) is 14.6. The molecule has 1 aromatic carbocycles. The van der Waals surface area contributed by atoms with Crippen LogP contribution in [0.25, 0.3) is 22.9 Å². The molecule has 0 spiro atoms. The largest absolute Gasteiger partial charge is 0.416 e. The van der Waals surface area contributed by atoms with E-state index in [0.29, 0.717) is 0 Å². The summed E-state index contributed by atoms with van der Waals surface area (Å²) in [6.45, 7) is 1.41. The molecule has 2 heterocycles. The molecule has 0 saturated carbocycles. The smallest absolute Gasteiger partial charge is 0.309 e. The maximum absolute atomic E-state index is 13.0. The third-order valence-corrected chi connectivity index (χ3v) is 6.37. The highest BCUT2D eigenvalue weighted by atomic mass is 35.5. The molecule has 8 nitrogen and oxygen atoms in total. The summed E-state index contributed by atoms with van der Waals surface area (Å²) in [6.07, 6.45) is -3.59. The topological polar surface area (TPSA) is 107 Å². The first-order chi connectivity index (χ1) is 14.0. The van der Waals surface area contributed by atoms with Gasteiger partial charge in [-0.3, -0.25) is 4.98 Å². The number of halogens is 4. The molecule has 3 aromatic rings. The van der Waals surface area contributed by atoms with Crippen LogP contribution in [0.15, 0.2) is 40.5 Å². The molecule has 2 aromatic heterocycles. The fourth-order valence-electron chi connectivity index (χ4n) is 2.72. The Balaban J connectivity index is 2.22. The summed E-state index contributed by atoms with van der Waals surface area (Å²) < 4.78 is 65.4. The molecule has 0 unspecified atom stereocenters. The van der Waals surface area contributed by atoms with E-state index >= 15 is 0 Å². The first kappa shape index (κ1) is 21.8. The van der Waals surface area contributed by atoms with Crippen molar-refractivity contribution in [2.75, 3.05) is 5.75 Å². The van der Waals surface area contributed by atoms with E-state index in [0.717, 1.165) is 24.4 Å². The van der Waals surface area contributed by atoms with Gasteiger partial charge in [-0.15, -0.1) is 15.1 Å². The molecular formula is C17H13ClF3N5O3S. The fraction of sp³-hybridized carbons (Fsp3) is 0.235. The molecule has 0 aliphatic rings. The molecular weight excluding hydrogens is 447 g/mol. The van der Waals surface area contributed by atoms with Gasteiger partial charge in [0.2, 0.25) is 0 Å². The summed E-state index contributed by atoms with van der Waals surface area (Å²) in [6, 6.07) is 3.86. The summed E-state index contributed by atoms with van der Waals surface area (Å²) in [5.41, 5.74) is -1.27. The molecule has 3 rings (SSSR count). The Hall–Kier alpha value is -2.86. The third-order valence-electron chi connectivity index (χ3n) is 4.29. The Labute approximate surface area is 173 Å². The first-order valence-electron chi connectivity index (χ1n) is 8.32. The monoisotopic (exact) mass is 459 g/mol. The van der Waals surface area contributed by atoms with E-state index in [9.17, 15) is 26.5 Å². The highest BCUT2D eigenvalue weighted by Gasteiger charge is 2.31. The summed E-state index contributed by atoms with van der Waals surface area (Å²) in [5, 5.41) is 10.4. The van der Waals surface area contributed by atoms with Crippen LogP contribution in [0.4, 0.5) is 18.9 Å².